The van der Waals surface area contributed by atoms with Gasteiger partial charge in [0.2, 0.25) is 0 Å². The van der Waals surface area contributed by atoms with Crippen LogP contribution in [0.15, 0.2) is 53.9 Å². The molecule has 0 spiro atoms. The van der Waals surface area contributed by atoms with Crippen LogP contribution in [0.4, 0.5) is 0 Å². The van der Waals surface area contributed by atoms with Crippen LogP contribution in [0.3, 0.4) is 0 Å². The number of carboxylic acid groups (broad SMARTS) is 1. The second-order valence-corrected chi connectivity index (χ2v) is 6.85. The molecule has 2 heterocycles. The van der Waals surface area contributed by atoms with Crippen molar-refractivity contribution in [3.63, 3.8) is 0 Å². The molecule has 0 atom stereocenters. The van der Waals surface area contributed by atoms with Crippen LogP contribution in [-0.2, 0) is 17.8 Å². The van der Waals surface area contributed by atoms with E-state index in [1.165, 1.54) is 10.4 Å². The smallest absolute Gasteiger partial charge is 0.303 e. The van der Waals surface area contributed by atoms with Gasteiger partial charge in [0.1, 0.15) is 12.4 Å². The Hall–Kier alpha value is -2.53. The van der Waals surface area contributed by atoms with E-state index in [1.54, 1.807) is 11.3 Å². The summed E-state index contributed by atoms with van der Waals surface area (Å²) in [5.41, 5.74) is 3.31. The Balaban J connectivity index is 1.75. The summed E-state index contributed by atoms with van der Waals surface area (Å²) >= 11 is 1.68. The number of aryl methyl sites for hydroxylation is 2. The number of nitrogens with zero attached hydrogens (tertiary/aromatic N) is 1. The highest BCUT2D eigenvalue weighted by Crippen LogP contribution is 2.27. The molecule has 0 fully saturated rings. The van der Waals surface area contributed by atoms with Crippen molar-refractivity contribution in [2.45, 2.75) is 26.3 Å². The normalized spacial score (nSPS) is 10.8. The van der Waals surface area contributed by atoms with Crippen LogP contribution < -0.4 is 4.74 Å². The molecule has 0 aliphatic heterocycles. The van der Waals surface area contributed by atoms with Crippen LogP contribution in [0, 0.1) is 6.92 Å². The number of thiophene rings is 1. The van der Waals surface area contributed by atoms with E-state index in [0.717, 1.165) is 17.1 Å². The van der Waals surface area contributed by atoms with Crippen LogP contribution in [-0.4, -0.2) is 22.2 Å². The number of ether oxygens (including phenoxy) is 1. The Bertz CT molecular complexity index is 837. The van der Waals surface area contributed by atoms with Crippen molar-refractivity contribution < 1.29 is 14.6 Å². The molecule has 25 heavy (non-hydrogen) atoms. The summed E-state index contributed by atoms with van der Waals surface area (Å²) in [5, 5.41) is 11.0. The van der Waals surface area contributed by atoms with Crippen molar-refractivity contribution in [3.05, 3.63) is 65.2 Å². The van der Waals surface area contributed by atoms with Gasteiger partial charge in [-0.2, -0.15) is 0 Å². The second kappa shape index (κ2) is 8.03. The van der Waals surface area contributed by atoms with Crippen molar-refractivity contribution in [1.82, 2.24) is 4.57 Å². The zero-order valence-corrected chi connectivity index (χ0v) is 15.0. The number of hydrogen-bond acceptors (Lipinski definition) is 3. The van der Waals surface area contributed by atoms with Gasteiger partial charge in [0, 0.05) is 5.69 Å². The summed E-state index contributed by atoms with van der Waals surface area (Å²) < 4.78 is 8.05. The predicted molar refractivity (Wildman–Crippen MR) is 100 cm³/mol. The SMILES string of the molecule is Cc1cccc(OCCn2c(CCC(=O)O)ccc2-c2cccs2)c1. The first-order valence-corrected chi connectivity index (χ1v) is 9.15. The van der Waals surface area contributed by atoms with Crippen molar-refractivity contribution in [3.8, 4) is 16.3 Å². The summed E-state index contributed by atoms with van der Waals surface area (Å²) in [6, 6.07) is 16.2. The zero-order valence-electron chi connectivity index (χ0n) is 14.1. The molecule has 4 nitrogen and oxygen atoms in total. The predicted octanol–water partition coefficient (Wildman–Crippen LogP) is 4.62. The van der Waals surface area contributed by atoms with E-state index in [0.29, 0.717) is 19.6 Å². The molecule has 0 aliphatic carbocycles. The minimum absolute atomic E-state index is 0.132. The maximum absolute atomic E-state index is 10.9. The molecule has 130 valence electrons. The van der Waals surface area contributed by atoms with E-state index in [4.69, 9.17) is 9.84 Å². The van der Waals surface area contributed by atoms with Crippen molar-refractivity contribution >= 4 is 17.3 Å². The van der Waals surface area contributed by atoms with Gasteiger partial charge >= 0.3 is 5.97 Å². The van der Waals surface area contributed by atoms with Gasteiger partial charge in [0.25, 0.3) is 0 Å². The molecule has 0 unspecified atom stereocenters. The monoisotopic (exact) mass is 355 g/mol. The molecule has 1 N–H and O–H groups in total. The largest absolute Gasteiger partial charge is 0.492 e. The van der Waals surface area contributed by atoms with E-state index in [9.17, 15) is 4.79 Å². The lowest BCUT2D eigenvalue weighted by atomic mass is 10.2. The van der Waals surface area contributed by atoms with Gasteiger partial charge in [0.15, 0.2) is 0 Å². The molecule has 0 amide bonds. The molecule has 0 saturated carbocycles. The highest BCUT2D eigenvalue weighted by atomic mass is 32.1. The van der Waals surface area contributed by atoms with E-state index >= 15 is 0 Å². The number of benzene rings is 1. The van der Waals surface area contributed by atoms with Crippen LogP contribution in [0.1, 0.15) is 17.7 Å². The minimum atomic E-state index is -0.776. The van der Waals surface area contributed by atoms with Gasteiger partial charge in [-0.25, -0.2) is 0 Å². The molecular formula is C20H21NO3S. The highest BCUT2D eigenvalue weighted by molar-refractivity contribution is 7.13. The number of hydrogen-bond donors (Lipinski definition) is 1. The fourth-order valence-corrected chi connectivity index (χ4v) is 3.59. The maximum Gasteiger partial charge on any atom is 0.303 e. The van der Waals surface area contributed by atoms with Crippen LogP contribution in [0.2, 0.25) is 0 Å². The van der Waals surface area contributed by atoms with Crippen LogP contribution in [0.25, 0.3) is 10.6 Å². The van der Waals surface area contributed by atoms with E-state index in [2.05, 4.69) is 16.7 Å². The minimum Gasteiger partial charge on any atom is -0.492 e. The van der Waals surface area contributed by atoms with Gasteiger partial charge in [-0.05, 0) is 54.6 Å². The third-order valence-electron chi connectivity index (χ3n) is 4.01. The van der Waals surface area contributed by atoms with Crippen LogP contribution in [0.5, 0.6) is 5.75 Å². The maximum atomic E-state index is 10.9. The Morgan fingerprint density at radius 3 is 2.80 bits per heavy atom. The first-order valence-electron chi connectivity index (χ1n) is 8.27. The summed E-state index contributed by atoms with van der Waals surface area (Å²) in [7, 11) is 0. The number of carbonyl (C=O) groups is 1. The summed E-state index contributed by atoms with van der Waals surface area (Å²) in [6.07, 6.45) is 0.651. The van der Waals surface area contributed by atoms with Gasteiger partial charge in [-0.1, -0.05) is 18.2 Å². The van der Waals surface area contributed by atoms with E-state index in [1.807, 2.05) is 48.7 Å². The lowest BCUT2D eigenvalue weighted by Gasteiger charge is -2.14. The van der Waals surface area contributed by atoms with Crippen LogP contribution >= 0.6 is 11.3 Å². The summed E-state index contributed by atoms with van der Waals surface area (Å²) in [4.78, 5) is 12.1. The third-order valence-corrected chi connectivity index (χ3v) is 4.91. The molecule has 3 aromatic rings. The fraction of sp³-hybridized carbons (Fsp3) is 0.250. The molecule has 0 saturated heterocycles. The topological polar surface area (TPSA) is 51.5 Å². The van der Waals surface area contributed by atoms with Gasteiger partial charge in [-0.3, -0.25) is 4.79 Å². The average Bonchev–Trinajstić information content (AvgIpc) is 3.22. The van der Waals surface area contributed by atoms with Gasteiger partial charge in [-0.15, -0.1) is 11.3 Å². The Kier molecular flexibility index (Phi) is 5.56. The summed E-state index contributed by atoms with van der Waals surface area (Å²) in [5.74, 6) is 0.0818. The molecule has 5 heteroatoms. The van der Waals surface area contributed by atoms with E-state index < -0.39 is 5.97 Å². The number of aromatic nitrogens is 1. The average molecular weight is 355 g/mol. The standard InChI is InChI=1S/C20H21NO3S/c1-15-4-2-5-17(14-15)24-12-11-21-16(8-10-20(22)23)7-9-18(21)19-6-3-13-25-19/h2-7,9,13-14H,8,10-12H2,1H3,(H,22,23). The van der Waals surface area contributed by atoms with Gasteiger partial charge < -0.3 is 14.4 Å². The molecule has 0 bridgehead atoms. The van der Waals surface area contributed by atoms with Crippen molar-refractivity contribution in [2.24, 2.45) is 0 Å². The fourth-order valence-electron chi connectivity index (χ4n) is 2.83. The molecule has 0 radical (unpaired) electrons. The third kappa shape index (κ3) is 4.51. The zero-order chi connectivity index (χ0) is 17.6. The molecule has 1 aromatic carbocycles. The molecule has 0 aliphatic rings. The van der Waals surface area contributed by atoms with Crippen molar-refractivity contribution in [2.75, 3.05) is 6.61 Å². The lowest BCUT2D eigenvalue weighted by Crippen LogP contribution is -2.12. The number of carboxylic acids is 1. The highest BCUT2D eigenvalue weighted by Gasteiger charge is 2.12. The second-order valence-electron chi connectivity index (χ2n) is 5.90. The Labute approximate surface area is 151 Å². The quantitative estimate of drug-likeness (QED) is 0.641. The van der Waals surface area contributed by atoms with Crippen molar-refractivity contribution in [1.29, 1.82) is 0 Å². The number of rotatable bonds is 8. The first-order chi connectivity index (χ1) is 12.1. The Morgan fingerprint density at radius 1 is 1.20 bits per heavy atom. The summed E-state index contributed by atoms with van der Waals surface area (Å²) in [6.45, 7) is 3.26. The van der Waals surface area contributed by atoms with Gasteiger partial charge in [0.05, 0.1) is 23.5 Å². The lowest BCUT2D eigenvalue weighted by molar-refractivity contribution is -0.136. The molecule has 3 rings (SSSR count). The number of aliphatic carboxylic acids is 1. The Morgan fingerprint density at radius 2 is 2.08 bits per heavy atom. The first kappa shape index (κ1) is 17.3. The molecule has 2 aromatic heterocycles. The molecular weight excluding hydrogens is 334 g/mol. The van der Waals surface area contributed by atoms with E-state index in [-0.39, 0.29) is 6.42 Å².